The quantitative estimate of drug-likeness (QED) is 0.472. The topological polar surface area (TPSA) is 92.7 Å². The monoisotopic (exact) mass is 329 g/mol. The number of aromatic nitrogens is 1. The molecule has 1 amide bonds. The maximum Gasteiger partial charge on any atom is 0.243 e. The van der Waals surface area contributed by atoms with Crippen LogP contribution in [0.15, 0.2) is 30.5 Å². The van der Waals surface area contributed by atoms with Crippen molar-refractivity contribution < 1.29 is 4.79 Å². The van der Waals surface area contributed by atoms with Gasteiger partial charge in [-0.05, 0) is 30.8 Å². The van der Waals surface area contributed by atoms with E-state index in [1.54, 1.807) is 0 Å². The third-order valence-corrected chi connectivity index (χ3v) is 3.66. The lowest BCUT2D eigenvalue weighted by molar-refractivity contribution is -0.122. The van der Waals surface area contributed by atoms with Crippen molar-refractivity contribution in [3.63, 3.8) is 0 Å². The van der Waals surface area contributed by atoms with Crippen molar-refractivity contribution >= 4 is 34.1 Å². The number of carbonyl (C=O) groups is 1. The van der Waals surface area contributed by atoms with E-state index < -0.39 is 6.04 Å². The van der Waals surface area contributed by atoms with Crippen LogP contribution in [0, 0.1) is 11.3 Å². The minimum atomic E-state index is -0.547. The zero-order valence-corrected chi connectivity index (χ0v) is 13.7. The number of hydrogen-bond donors (Lipinski definition) is 4. The SMILES string of the molecule is CCNC(=S)NC(Cc1c[nH]c2ccccc12)C(=O)NCC#N. The van der Waals surface area contributed by atoms with Gasteiger partial charge in [0.1, 0.15) is 12.6 Å². The van der Waals surface area contributed by atoms with Gasteiger partial charge in [-0.2, -0.15) is 5.26 Å². The van der Waals surface area contributed by atoms with E-state index in [1.807, 2.05) is 43.5 Å². The standard InChI is InChI=1S/C16H19N5OS/c1-2-18-16(23)21-14(15(22)19-8-7-17)9-11-10-20-13-6-4-3-5-12(11)13/h3-6,10,14,20H,2,8-9H2,1H3,(H,19,22)(H2,18,21,23). The van der Waals surface area contributed by atoms with Crippen LogP contribution in [0.5, 0.6) is 0 Å². The smallest absolute Gasteiger partial charge is 0.243 e. The van der Waals surface area contributed by atoms with Crippen molar-refractivity contribution in [3.8, 4) is 6.07 Å². The van der Waals surface area contributed by atoms with Gasteiger partial charge in [0.2, 0.25) is 5.91 Å². The third-order valence-electron chi connectivity index (χ3n) is 3.40. The van der Waals surface area contributed by atoms with Gasteiger partial charge in [0, 0.05) is 30.1 Å². The van der Waals surface area contributed by atoms with Gasteiger partial charge < -0.3 is 20.9 Å². The summed E-state index contributed by atoms with van der Waals surface area (Å²) in [4.78, 5) is 15.5. The van der Waals surface area contributed by atoms with Crippen LogP contribution in [-0.4, -0.2) is 35.1 Å². The van der Waals surface area contributed by atoms with Crippen LogP contribution in [0.25, 0.3) is 10.9 Å². The zero-order valence-electron chi connectivity index (χ0n) is 12.8. The molecule has 0 aliphatic rings. The van der Waals surface area contributed by atoms with Crippen molar-refractivity contribution in [2.45, 2.75) is 19.4 Å². The first-order chi connectivity index (χ1) is 11.2. The predicted molar refractivity (Wildman–Crippen MR) is 93.8 cm³/mol. The Labute approximate surface area is 140 Å². The second-order valence-electron chi connectivity index (χ2n) is 5.00. The molecule has 7 heteroatoms. The number of carbonyl (C=O) groups excluding carboxylic acids is 1. The maximum absolute atomic E-state index is 12.3. The number of hydrogen-bond acceptors (Lipinski definition) is 3. The third kappa shape index (κ3) is 4.44. The fourth-order valence-electron chi connectivity index (χ4n) is 2.35. The van der Waals surface area contributed by atoms with E-state index in [0.29, 0.717) is 18.1 Å². The van der Waals surface area contributed by atoms with Crippen LogP contribution in [0.1, 0.15) is 12.5 Å². The number of aromatic amines is 1. The van der Waals surface area contributed by atoms with Gasteiger partial charge >= 0.3 is 0 Å². The van der Waals surface area contributed by atoms with Gasteiger partial charge in [0.05, 0.1) is 6.07 Å². The maximum atomic E-state index is 12.3. The fourth-order valence-corrected chi connectivity index (χ4v) is 2.64. The minimum absolute atomic E-state index is 0.0289. The summed E-state index contributed by atoms with van der Waals surface area (Å²) in [5.74, 6) is -0.253. The number of benzene rings is 1. The number of amides is 1. The predicted octanol–water partition coefficient (Wildman–Crippen LogP) is 1.20. The molecule has 0 aliphatic heterocycles. The average Bonchev–Trinajstić information content (AvgIpc) is 2.95. The Hall–Kier alpha value is -2.59. The first-order valence-corrected chi connectivity index (χ1v) is 7.80. The van der Waals surface area contributed by atoms with Gasteiger partial charge in [0.25, 0.3) is 0 Å². The molecule has 1 heterocycles. The van der Waals surface area contributed by atoms with Crippen molar-refractivity contribution in [3.05, 3.63) is 36.0 Å². The molecule has 6 nitrogen and oxygen atoms in total. The molecular weight excluding hydrogens is 310 g/mol. The fraction of sp³-hybridized carbons (Fsp3) is 0.312. The first kappa shape index (κ1) is 16.8. The Balaban J connectivity index is 2.17. The molecule has 0 bridgehead atoms. The van der Waals surface area contributed by atoms with E-state index in [4.69, 9.17) is 17.5 Å². The van der Waals surface area contributed by atoms with Gasteiger partial charge in [0.15, 0.2) is 5.11 Å². The minimum Gasteiger partial charge on any atom is -0.363 e. The highest BCUT2D eigenvalue weighted by atomic mass is 32.1. The summed E-state index contributed by atoms with van der Waals surface area (Å²) in [6.07, 6.45) is 2.36. The van der Waals surface area contributed by atoms with Gasteiger partial charge in [-0.1, -0.05) is 18.2 Å². The molecule has 1 unspecified atom stereocenters. The zero-order chi connectivity index (χ0) is 16.7. The summed E-state index contributed by atoms with van der Waals surface area (Å²) in [6.45, 7) is 2.57. The number of thiocarbonyl (C=S) groups is 1. The van der Waals surface area contributed by atoms with Crippen molar-refractivity contribution in [2.24, 2.45) is 0 Å². The van der Waals surface area contributed by atoms with Crippen molar-refractivity contribution in [1.29, 1.82) is 5.26 Å². The van der Waals surface area contributed by atoms with E-state index in [1.165, 1.54) is 0 Å². The highest BCUT2D eigenvalue weighted by Gasteiger charge is 2.21. The van der Waals surface area contributed by atoms with Gasteiger partial charge in [-0.3, -0.25) is 4.79 Å². The van der Waals surface area contributed by atoms with Crippen LogP contribution in [0.4, 0.5) is 0 Å². The van der Waals surface area contributed by atoms with Gasteiger partial charge in [-0.15, -0.1) is 0 Å². The molecule has 1 aromatic heterocycles. The number of nitrogens with zero attached hydrogens (tertiary/aromatic N) is 1. The molecule has 0 radical (unpaired) electrons. The summed E-state index contributed by atoms with van der Waals surface area (Å²) in [5, 5.41) is 18.7. The first-order valence-electron chi connectivity index (χ1n) is 7.39. The Kier molecular flexibility index (Phi) is 5.94. The number of nitriles is 1. The van der Waals surface area contributed by atoms with E-state index in [-0.39, 0.29) is 12.5 Å². The summed E-state index contributed by atoms with van der Waals surface area (Å²) in [5.41, 5.74) is 2.04. The molecule has 0 spiro atoms. The summed E-state index contributed by atoms with van der Waals surface area (Å²) in [7, 11) is 0. The largest absolute Gasteiger partial charge is 0.363 e. The van der Waals surface area contributed by atoms with Crippen LogP contribution in [0.3, 0.4) is 0 Å². The van der Waals surface area contributed by atoms with Crippen LogP contribution < -0.4 is 16.0 Å². The van der Waals surface area contributed by atoms with E-state index >= 15 is 0 Å². The lowest BCUT2D eigenvalue weighted by Gasteiger charge is -2.19. The Morgan fingerprint density at radius 2 is 2.17 bits per heavy atom. The Morgan fingerprint density at radius 3 is 2.91 bits per heavy atom. The molecule has 0 saturated heterocycles. The lowest BCUT2D eigenvalue weighted by atomic mass is 10.0. The number of fused-ring (bicyclic) bond motifs is 1. The van der Waals surface area contributed by atoms with Crippen LogP contribution in [-0.2, 0) is 11.2 Å². The molecule has 0 fully saturated rings. The molecule has 120 valence electrons. The average molecular weight is 329 g/mol. The Bertz CT molecular complexity index is 733. The summed E-state index contributed by atoms with van der Waals surface area (Å²) >= 11 is 5.18. The number of rotatable bonds is 6. The molecular formula is C16H19N5OS. The second-order valence-corrected chi connectivity index (χ2v) is 5.40. The van der Waals surface area contributed by atoms with Crippen molar-refractivity contribution in [1.82, 2.24) is 20.9 Å². The van der Waals surface area contributed by atoms with Gasteiger partial charge in [-0.25, -0.2) is 0 Å². The molecule has 0 aliphatic carbocycles. The molecule has 4 N–H and O–H groups in total. The highest BCUT2D eigenvalue weighted by molar-refractivity contribution is 7.80. The molecule has 1 aromatic carbocycles. The lowest BCUT2D eigenvalue weighted by Crippen LogP contribution is -2.51. The van der Waals surface area contributed by atoms with Crippen molar-refractivity contribution in [2.75, 3.05) is 13.1 Å². The van der Waals surface area contributed by atoms with E-state index in [9.17, 15) is 4.79 Å². The normalized spacial score (nSPS) is 11.5. The molecule has 2 rings (SSSR count). The molecule has 2 aromatic rings. The number of H-pyrrole nitrogens is 1. The Morgan fingerprint density at radius 1 is 1.39 bits per heavy atom. The number of nitrogens with one attached hydrogen (secondary N) is 4. The van der Waals surface area contributed by atoms with E-state index in [0.717, 1.165) is 16.5 Å². The highest BCUT2D eigenvalue weighted by Crippen LogP contribution is 2.19. The number of para-hydroxylation sites is 1. The van der Waals surface area contributed by atoms with Crippen LogP contribution in [0.2, 0.25) is 0 Å². The molecule has 23 heavy (non-hydrogen) atoms. The van der Waals surface area contributed by atoms with Crippen LogP contribution >= 0.6 is 12.2 Å². The molecule has 1 atom stereocenters. The molecule has 0 saturated carbocycles. The summed E-state index contributed by atoms with van der Waals surface area (Å²) < 4.78 is 0. The summed E-state index contributed by atoms with van der Waals surface area (Å²) in [6, 6.07) is 9.27. The second kappa shape index (κ2) is 8.15. The van der Waals surface area contributed by atoms with E-state index in [2.05, 4.69) is 20.9 Å².